The third-order valence-electron chi connectivity index (χ3n) is 4.38. The number of rotatable bonds is 4. The number of thiazole rings is 1. The van der Waals surface area contributed by atoms with Crippen molar-refractivity contribution < 1.29 is 4.79 Å². The minimum atomic E-state index is -0.234. The molecule has 0 fully saturated rings. The van der Waals surface area contributed by atoms with Crippen molar-refractivity contribution in [2.75, 3.05) is 5.32 Å². The third-order valence-corrected chi connectivity index (χ3v) is 5.37. The minimum Gasteiger partial charge on any atom is -0.325 e. The molecule has 0 bridgehead atoms. The van der Waals surface area contributed by atoms with E-state index in [1.165, 1.54) is 4.57 Å². The Balaban J connectivity index is 1.49. The molecule has 0 aliphatic rings. The maximum Gasteiger partial charge on any atom is 0.308 e. The summed E-state index contributed by atoms with van der Waals surface area (Å²) in [5.41, 5.74) is 3.24. The lowest BCUT2D eigenvalue weighted by Gasteiger charge is -2.07. The predicted molar refractivity (Wildman–Crippen MR) is 105 cm³/mol. The topological polar surface area (TPSA) is 81.3 Å². The fraction of sp³-hybridized carbons (Fsp3) is 0.158. The second kappa shape index (κ2) is 6.81. The summed E-state index contributed by atoms with van der Waals surface area (Å²) in [4.78, 5) is 33.7. The van der Waals surface area contributed by atoms with Crippen molar-refractivity contribution in [3.63, 3.8) is 0 Å². The van der Waals surface area contributed by atoms with E-state index in [2.05, 4.69) is 15.3 Å². The van der Waals surface area contributed by atoms with Crippen LogP contribution in [-0.4, -0.2) is 24.8 Å². The van der Waals surface area contributed by atoms with Crippen LogP contribution in [0.4, 0.5) is 5.69 Å². The summed E-state index contributed by atoms with van der Waals surface area (Å²) in [6.07, 6.45) is 5.50. The van der Waals surface area contributed by atoms with Crippen LogP contribution in [0.15, 0.2) is 53.7 Å². The van der Waals surface area contributed by atoms with Gasteiger partial charge >= 0.3 is 4.87 Å². The molecular formula is C19H17N5O2S. The molecule has 0 saturated heterocycles. The van der Waals surface area contributed by atoms with Gasteiger partial charge in [0.15, 0.2) is 0 Å². The largest absolute Gasteiger partial charge is 0.325 e. The van der Waals surface area contributed by atoms with Crippen LogP contribution in [0.25, 0.3) is 17.0 Å². The molecule has 4 rings (SSSR count). The standard InChI is InChI=1S/C19H17N5O2S/c1-12-13(2)27-19(26)24(12)11-17(25)21-15-6-4-14(5-7-15)16-10-23-9-3-8-20-18(23)22-16/h3-10H,11H2,1-2H3,(H,21,25). The monoisotopic (exact) mass is 379 g/mol. The van der Waals surface area contributed by atoms with E-state index in [1.807, 2.05) is 61.0 Å². The first-order valence-electron chi connectivity index (χ1n) is 8.38. The summed E-state index contributed by atoms with van der Waals surface area (Å²) in [5, 5.41) is 2.83. The van der Waals surface area contributed by atoms with E-state index in [1.54, 1.807) is 6.20 Å². The van der Waals surface area contributed by atoms with Gasteiger partial charge < -0.3 is 5.32 Å². The Hall–Kier alpha value is -3.26. The normalized spacial score (nSPS) is 11.0. The molecule has 0 radical (unpaired) electrons. The quantitative estimate of drug-likeness (QED) is 0.591. The molecule has 0 atom stereocenters. The first-order valence-corrected chi connectivity index (χ1v) is 9.20. The van der Waals surface area contributed by atoms with E-state index in [4.69, 9.17) is 0 Å². The smallest absolute Gasteiger partial charge is 0.308 e. The van der Waals surface area contributed by atoms with Gasteiger partial charge in [0, 0.05) is 40.4 Å². The highest BCUT2D eigenvalue weighted by molar-refractivity contribution is 7.09. The van der Waals surface area contributed by atoms with E-state index >= 15 is 0 Å². The summed E-state index contributed by atoms with van der Waals surface area (Å²) >= 11 is 1.16. The summed E-state index contributed by atoms with van der Waals surface area (Å²) in [7, 11) is 0. The van der Waals surface area contributed by atoms with Gasteiger partial charge in [0.05, 0.1) is 5.69 Å². The highest BCUT2D eigenvalue weighted by Crippen LogP contribution is 2.21. The second-order valence-corrected chi connectivity index (χ2v) is 7.34. The van der Waals surface area contributed by atoms with E-state index in [0.717, 1.165) is 33.2 Å². The number of amides is 1. The van der Waals surface area contributed by atoms with Crippen molar-refractivity contribution in [3.05, 3.63) is 69.2 Å². The van der Waals surface area contributed by atoms with Crippen LogP contribution < -0.4 is 10.2 Å². The molecular weight excluding hydrogens is 362 g/mol. The molecule has 8 heteroatoms. The van der Waals surface area contributed by atoms with Gasteiger partial charge in [-0.1, -0.05) is 23.5 Å². The molecule has 1 N–H and O–H groups in total. The molecule has 7 nitrogen and oxygen atoms in total. The summed E-state index contributed by atoms with van der Waals surface area (Å²) < 4.78 is 3.35. The maximum absolute atomic E-state index is 12.3. The van der Waals surface area contributed by atoms with E-state index in [0.29, 0.717) is 11.5 Å². The predicted octanol–water partition coefficient (Wildman–Crippen LogP) is 2.88. The van der Waals surface area contributed by atoms with Crippen LogP contribution in [0.3, 0.4) is 0 Å². The number of nitrogens with zero attached hydrogens (tertiary/aromatic N) is 4. The van der Waals surface area contributed by atoms with Crippen LogP contribution in [0, 0.1) is 13.8 Å². The number of carbonyl (C=O) groups is 1. The van der Waals surface area contributed by atoms with Crippen LogP contribution in [-0.2, 0) is 11.3 Å². The fourth-order valence-electron chi connectivity index (χ4n) is 2.81. The van der Waals surface area contributed by atoms with Crippen LogP contribution in [0.5, 0.6) is 0 Å². The average Bonchev–Trinajstić information content (AvgIpc) is 3.19. The van der Waals surface area contributed by atoms with E-state index in [9.17, 15) is 9.59 Å². The Bertz CT molecular complexity index is 1150. The molecule has 0 aliphatic heterocycles. The van der Waals surface area contributed by atoms with Crippen molar-refractivity contribution in [3.8, 4) is 11.3 Å². The van der Waals surface area contributed by atoms with Gasteiger partial charge in [0.2, 0.25) is 11.7 Å². The molecule has 0 unspecified atom stereocenters. The number of imidazole rings is 1. The number of fused-ring (bicyclic) bond motifs is 1. The Morgan fingerprint density at radius 1 is 1.22 bits per heavy atom. The van der Waals surface area contributed by atoms with Crippen molar-refractivity contribution in [2.45, 2.75) is 20.4 Å². The van der Waals surface area contributed by atoms with Gasteiger partial charge in [0.1, 0.15) is 6.54 Å². The summed E-state index contributed by atoms with van der Waals surface area (Å²) in [6, 6.07) is 9.27. The van der Waals surface area contributed by atoms with Crippen LogP contribution >= 0.6 is 11.3 Å². The number of nitrogens with one attached hydrogen (secondary N) is 1. The zero-order valence-corrected chi connectivity index (χ0v) is 15.7. The third kappa shape index (κ3) is 3.39. The lowest BCUT2D eigenvalue weighted by Crippen LogP contribution is -2.25. The highest BCUT2D eigenvalue weighted by atomic mass is 32.1. The van der Waals surface area contributed by atoms with E-state index in [-0.39, 0.29) is 17.3 Å². The lowest BCUT2D eigenvalue weighted by atomic mass is 10.1. The Morgan fingerprint density at radius 3 is 2.67 bits per heavy atom. The molecule has 1 amide bonds. The summed E-state index contributed by atoms with van der Waals surface area (Å²) in [5.74, 6) is 0.402. The number of hydrogen-bond acceptors (Lipinski definition) is 5. The Morgan fingerprint density at radius 2 is 2.00 bits per heavy atom. The second-order valence-electron chi connectivity index (χ2n) is 6.17. The summed E-state index contributed by atoms with van der Waals surface area (Å²) in [6.45, 7) is 3.73. The molecule has 27 heavy (non-hydrogen) atoms. The highest BCUT2D eigenvalue weighted by Gasteiger charge is 2.12. The fourth-order valence-corrected chi connectivity index (χ4v) is 3.64. The zero-order valence-electron chi connectivity index (χ0n) is 14.8. The number of hydrogen-bond donors (Lipinski definition) is 1. The van der Waals surface area contributed by atoms with E-state index < -0.39 is 0 Å². The Labute approximate surface area is 159 Å². The van der Waals surface area contributed by atoms with Gasteiger partial charge in [-0.25, -0.2) is 9.97 Å². The van der Waals surface area contributed by atoms with Crippen molar-refractivity contribution >= 4 is 28.7 Å². The lowest BCUT2D eigenvalue weighted by molar-refractivity contribution is -0.116. The molecule has 136 valence electrons. The molecule has 1 aromatic carbocycles. The van der Waals surface area contributed by atoms with Crippen LogP contribution in [0.2, 0.25) is 0 Å². The van der Waals surface area contributed by atoms with Crippen molar-refractivity contribution in [1.82, 2.24) is 18.9 Å². The van der Waals surface area contributed by atoms with Gasteiger partial charge in [-0.3, -0.25) is 18.6 Å². The number of benzene rings is 1. The molecule has 0 saturated carbocycles. The SMILES string of the molecule is Cc1sc(=O)n(CC(=O)Nc2ccc(-c3cn4cccnc4n3)cc2)c1C. The molecule has 3 heterocycles. The molecule has 4 aromatic rings. The number of anilines is 1. The van der Waals surface area contributed by atoms with Gasteiger partial charge in [-0.15, -0.1) is 0 Å². The first kappa shape index (κ1) is 17.2. The van der Waals surface area contributed by atoms with Crippen LogP contribution in [0.1, 0.15) is 10.6 Å². The maximum atomic E-state index is 12.3. The van der Waals surface area contributed by atoms with Gasteiger partial charge in [-0.05, 0) is 32.0 Å². The van der Waals surface area contributed by atoms with Gasteiger partial charge in [0.25, 0.3) is 0 Å². The zero-order chi connectivity index (χ0) is 19.0. The average molecular weight is 379 g/mol. The Kier molecular flexibility index (Phi) is 4.33. The van der Waals surface area contributed by atoms with Gasteiger partial charge in [-0.2, -0.15) is 0 Å². The van der Waals surface area contributed by atoms with Crippen molar-refractivity contribution in [2.24, 2.45) is 0 Å². The first-order chi connectivity index (χ1) is 13.0. The molecule has 0 spiro atoms. The molecule has 3 aromatic heterocycles. The van der Waals surface area contributed by atoms with Crippen molar-refractivity contribution in [1.29, 1.82) is 0 Å². The minimum absolute atomic E-state index is 0.00879. The molecule has 0 aliphatic carbocycles. The number of aromatic nitrogens is 4. The number of carbonyl (C=O) groups excluding carboxylic acids is 1. The number of aryl methyl sites for hydroxylation is 1.